The van der Waals surface area contributed by atoms with Crippen molar-refractivity contribution in [2.24, 2.45) is 5.92 Å². The van der Waals surface area contributed by atoms with Gasteiger partial charge in [-0.2, -0.15) is 0 Å². The second-order valence-electron chi connectivity index (χ2n) is 6.56. The van der Waals surface area contributed by atoms with Crippen molar-refractivity contribution in [1.82, 2.24) is 10.2 Å². The predicted molar refractivity (Wildman–Crippen MR) is 87.3 cm³/mol. The molecule has 0 spiro atoms. The molecule has 0 bridgehead atoms. The molecule has 1 saturated heterocycles. The lowest BCUT2D eigenvalue weighted by molar-refractivity contribution is 0.202. The maximum absolute atomic E-state index is 3.83. The molecule has 0 amide bonds. The molecule has 1 atom stereocenters. The van der Waals surface area contributed by atoms with Gasteiger partial charge in [0.1, 0.15) is 0 Å². The van der Waals surface area contributed by atoms with E-state index in [1.54, 1.807) is 0 Å². The summed E-state index contributed by atoms with van der Waals surface area (Å²) in [6, 6.07) is 5.31. The van der Waals surface area contributed by atoms with Gasteiger partial charge in [-0.05, 0) is 57.3 Å². The quantitative estimate of drug-likeness (QED) is 0.911. The topological polar surface area (TPSA) is 15.3 Å². The highest BCUT2D eigenvalue weighted by atomic mass is 32.1. The van der Waals surface area contributed by atoms with Crippen molar-refractivity contribution in [3.63, 3.8) is 0 Å². The van der Waals surface area contributed by atoms with Crippen molar-refractivity contribution < 1.29 is 0 Å². The van der Waals surface area contributed by atoms with Crippen molar-refractivity contribution in [3.8, 4) is 0 Å². The number of aryl methyl sites for hydroxylation is 1. The van der Waals surface area contributed by atoms with Crippen LogP contribution >= 0.6 is 11.3 Å². The fourth-order valence-corrected chi connectivity index (χ4v) is 4.74. The first-order valence-corrected chi connectivity index (χ1v) is 9.14. The molecule has 1 aliphatic heterocycles. The lowest BCUT2D eigenvalue weighted by Gasteiger charge is -2.32. The molecule has 1 unspecified atom stereocenters. The van der Waals surface area contributed by atoms with Crippen LogP contribution in [-0.4, -0.2) is 30.6 Å². The predicted octanol–water partition coefficient (Wildman–Crippen LogP) is 3.80. The summed E-state index contributed by atoms with van der Waals surface area (Å²) in [4.78, 5) is 5.66. The largest absolute Gasteiger partial charge is 0.312 e. The first kappa shape index (κ1) is 14.6. The van der Waals surface area contributed by atoms with E-state index in [-0.39, 0.29) is 0 Å². The van der Waals surface area contributed by atoms with Crippen LogP contribution in [0.15, 0.2) is 12.1 Å². The summed E-state index contributed by atoms with van der Waals surface area (Å²) in [5.74, 6) is 0.925. The molecule has 3 rings (SSSR count). The zero-order valence-corrected chi connectivity index (χ0v) is 13.6. The molecule has 3 heteroatoms. The Kier molecular flexibility index (Phi) is 5.14. The summed E-state index contributed by atoms with van der Waals surface area (Å²) < 4.78 is 0. The van der Waals surface area contributed by atoms with Crippen molar-refractivity contribution in [1.29, 1.82) is 0 Å². The SMILES string of the molecule is Cc1ccc(CN2CCCNC(C3CCCCC3)C2)s1. The molecular weight excluding hydrogens is 264 g/mol. The van der Waals surface area contributed by atoms with Gasteiger partial charge in [-0.15, -0.1) is 11.3 Å². The standard InChI is InChI=1S/C17H28N2S/c1-14-8-9-16(20-14)12-19-11-5-10-18-17(13-19)15-6-3-2-4-7-15/h8-9,15,17-18H,2-7,10-13H2,1H3. The third-order valence-electron chi connectivity index (χ3n) is 4.91. The number of thiophene rings is 1. The van der Waals surface area contributed by atoms with Crippen LogP contribution in [0.4, 0.5) is 0 Å². The summed E-state index contributed by atoms with van der Waals surface area (Å²) in [6.07, 6.45) is 8.56. The van der Waals surface area contributed by atoms with E-state index >= 15 is 0 Å². The first-order valence-electron chi connectivity index (χ1n) is 8.32. The van der Waals surface area contributed by atoms with Crippen LogP contribution in [0.25, 0.3) is 0 Å². The van der Waals surface area contributed by atoms with Crippen LogP contribution in [0.2, 0.25) is 0 Å². The fraction of sp³-hybridized carbons (Fsp3) is 0.765. The normalized spacial score (nSPS) is 26.6. The Morgan fingerprint density at radius 1 is 1.20 bits per heavy atom. The second-order valence-corrected chi connectivity index (χ2v) is 7.93. The van der Waals surface area contributed by atoms with E-state index in [0.717, 1.165) is 18.5 Å². The van der Waals surface area contributed by atoms with Gasteiger partial charge >= 0.3 is 0 Å². The summed E-state index contributed by atoms with van der Waals surface area (Å²) in [7, 11) is 0. The molecule has 2 heterocycles. The molecular formula is C17H28N2S. The molecule has 1 aliphatic carbocycles. The Morgan fingerprint density at radius 2 is 2.05 bits per heavy atom. The molecule has 20 heavy (non-hydrogen) atoms. The van der Waals surface area contributed by atoms with Crippen LogP contribution in [0.1, 0.15) is 48.3 Å². The second kappa shape index (κ2) is 7.06. The summed E-state index contributed by atoms with van der Waals surface area (Å²) in [5.41, 5.74) is 0. The van der Waals surface area contributed by atoms with Crippen molar-refractivity contribution in [2.75, 3.05) is 19.6 Å². The first-order chi connectivity index (χ1) is 9.81. The third-order valence-corrected chi connectivity index (χ3v) is 5.89. The van der Waals surface area contributed by atoms with E-state index in [4.69, 9.17) is 0 Å². The van der Waals surface area contributed by atoms with Gasteiger partial charge in [0.25, 0.3) is 0 Å². The number of rotatable bonds is 3. The van der Waals surface area contributed by atoms with Gasteiger partial charge in [0.05, 0.1) is 0 Å². The molecule has 2 aliphatic rings. The minimum atomic E-state index is 0.735. The number of nitrogens with one attached hydrogen (secondary N) is 1. The third kappa shape index (κ3) is 3.84. The molecule has 1 aromatic rings. The highest BCUT2D eigenvalue weighted by Gasteiger charge is 2.26. The molecule has 2 nitrogen and oxygen atoms in total. The molecule has 112 valence electrons. The van der Waals surface area contributed by atoms with E-state index in [9.17, 15) is 0 Å². The van der Waals surface area contributed by atoms with E-state index in [2.05, 4.69) is 29.3 Å². The van der Waals surface area contributed by atoms with Crippen molar-refractivity contribution in [2.45, 2.75) is 58.0 Å². The van der Waals surface area contributed by atoms with Gasteiger partial charge in [0.15, 0.2) is 0 Å². The average molecular weight is 292 g/mol. The van der Waals surface area contributed by atoms with Crippen LogP contribution in [0, 0.1) is 12.8 Å². The molecule has 1 N–H and O–H groups in total. The number of hydrogen-bond donors (Lipinski definition) is 1. The maximum Gasteiger partial charge on any atom is 0.0328 e. The van der Waals surface area contributed by atoms with Crippen LogP contribution < -0.4 is 5.32 Å². The lowest BCUT2D eigenvalue weighted by atomic mass is 9.83. The van der Waals surface area contributed by atoms with Crippen molar-refractivity contribution in [3.05, 3.63) is 21.9 Å². The monoisotopic (exact) mass is 292 g/mol. The average Bonchev–Trinajstić information content (AvgIpc) is 2.74. The molecule has 2 fully saturated rings. The summed E-state index contributed by atoms with van der Waals surface area (Å²) in [6.45, 7) is 7.09. The fourth-order valence-electron chi connectivity index (χ4n) is 3.81. The zero-order valence-electron chi connectivity index (χ0n) is 12.7. The minimum Gasteiger partial charge on any atom is -0.312 e. The molecule has 0 aromatic carbocycles. The highest BCUT2D eigenvalue weighted by molar-refractivity contribution is 7.11. The maximum atomic E-state index is 3.83. The zero-order chi connectivity index (χ0) is 13.8. The minimum absolute atomic E-state index is 0.735. The van der Waals surface area contributed by atoms with Gasteiger partial charge in [-0.25, -0.2) is 0 Å². The number of nitrogens with zero attached hydrogens (tertiary/aromatic N) is 1. The number of hydrogen-bond acceptors (Lipinski definition) is 3. The van der Waals surface area contributed by atoms with Gasteiger partial charge in [0.2, 0.25) is 0 Å². The smallest absolute Gasteiger partial charge is 0.0328 e. The van der Waals surface area contributed by atoms with Gasteiger partial charge < -0.3 is 5.32 Å². The van der Waals surface area contributed by atoms with Crippen LogP contribution in [-0.2, 0) is 6.54 Å². The summed E-state index contributed by atoms with van der Waals surface area (Å²) in [5, 5.41) is 3.83. The van der Waals surface area contributed by atoms with Crippen molar-refractivity contribution >= 4 is 11.3 Å². The van der Waals surface area contributed by atoms with E-state index in [1.165, 1.54) is 67.9 Å². The van der Waals surface area contributed by atoms with Gasteiger partial charge in [-0.3, -0.25) is 4.90 Å². The Balaban J connectivity index is 1.59. The Hall–Kier alpha value is -0.380. The Labute approximate surface area is 127 Å². The Morgan fingerprint density at radius 3 is 2.80 bits per heavy atom. The highest BCUT2D eigenvalue weighted by Crippen LogP contribution is 2.28. The van der Waals surface area contributed by atoms with Crippen LogP contribution in [0.3, 0.4) is 0 Å². The van der Waals surface area contributed by atoms with Gasteiger partial charge in [0, 0.05) is 28.9 Å². The van der Waals surface area contributed by atoms with E-state index in [0.29, 0.717) is 0 Å². The lowest BCUT2D eigenvalue weighted by Crippen LogP contribution is -2.43. The molecule has 1 saturated carbocycles. The van der Waals surface area contributed by atoms with E-state index < -0.39 is 0 Å². The molecule has 0 radical (unpaired) electrons. The van der Waals surface area contributed by atoms with Gasteiger partial charge in [-0.1, -0.05) is 19.3 Å². The summed E-state index contributed by atoms with van der Waals surface area (Å²) >= 11 is 1.96. The van der Waals surface area contributed by atoms with E-state index in [1.807, 2.05) is 11.3 Å². The molecule has 1 aromatic heterocycles. The van der Waals surface area contributed by atoms with Crippen LogP contribution in [0.5, 0.6) is 0 Å². The Bertz CT molecular complexity index is 409.